The molecule has 3 N–H and O–H groups in total. The maximum Gasteiger partial charge on any atom is 0.241 e. The van der Waals surface area contributed by atoms with Gasteiger partial charge < -0.3 is 15.2 Å². The van der Waals surface area contributed by atoms with Gasteiger partial charge in [0.1, 0.15) is 0 Å². The number of nitrogens with two attached hydrogens (primary N) is 1. The van der Waals surface area contributed by atoms with Crippen molar-refractivity contribution in [2.45, 2.75) is 30.7 Å². The first-order chi connectivity index (χ1) is 9.51. The summed E-state index contributed by atoms with van der Waals surface area (Å²) in [6.07, 6.45) is 2.06. The van der Waals surface area contributed by atoms with Gasteiger partial charge in [-0.2, -0.15) is 0 Å². The Morgan fingerprint density at radius 1 is 1.35 bits per heavy atom. The van der Waals surface area contributed by atoms with E-state index in [0.717, 1.165) is 12.8 Å². The van der Waals surface area contributed by atoms with E-state index in [1.807, 2.05) is 0 Å². The van der Waals surface area contributed by atoms with Gasteiger partial charge in [-0.3, -0.25) is 0 Å². The van der Waals surface area contributed by atoms with E-state index < -0.39 is 10.0 Å². The highest BCUT2D eigenvalue weighted by atomic mass is 32.2. The molecule has 2 aliphatic rings. The van der Waals surface area contributed by atoms with Crippen LogP contribution >= 0.6 is 0 Å². The summed E-state index contributed by atoms with van der Waals surface area (Å²) >= 11 is 0. The minimum Gasteiger partial charge on any atom is -0.454 e. The van der Waals surface area contributed by atoms with E-state index >= 15 is 0 Å². The van der Waals surface area contributed by atoms with Gasteiger partial charge in [0.2, 0.25) is 16.8 Å². The SMILES string of the molecule is Cc1cc2c(cc1S(=O)(=O)NC(CN)C1CC1)OCO2. The highest BCUT2D eigenvalue weighted by molar-refractivity contribution is 7.89. The van der Waals surface area contributed by atoms with Crippen LogP contribution in [0.5, 0.6) is 11.5 Å². The number of benzene rings is 1. The first-order valence-corrected chi connectivity index (χ1v) is 8.12. The molecule has 1 aromatic carbocycles. The summed E-state index contributed by atoms with van der Waals surface area (Å²) < 4.78 is 38.2. The molecule has 1 fully saturated rings. The normalized spacial score (nSPS) is 19.1. The number of hydrogen-bond donors (Lipinski definition) is 2. The lowest BCUT2D eigenvalue weighted by Gasteiger charge is -2.17. The molecule has 1 aliphatic carbocycles. The van der Waals surface area contributed by atoms with E-state index in [9.17, 15) is 8.42 Å². The zero-order valence-electron chi connectivity index (χ0n) is 11.3. The van der Waals surface area contributed by atoms with Crippen molar-refractivity contribution in [2.24, 2.45) is 11.7 Å². The first kappa shape index (κ1) is 13.7. The summed E-state index contributed by atoms with van der Waals surface area (Å²) in [7, 11) is -3.59. The maximum atomic E-state index is 12.5. The first-order valence-electron chi connectivity index (χ1n) is 6.64. The number of aryl methyl sites for hydroxylation is 1. The predicted molar refractivity (Wildman–Crippen MR) is 73.2 cm³/mol. The largest absolute Gasteiger partial charge is 0.454 e. The second-order valence-corrected chi connectivity index (χ2v) is 6.95. The Morgan fingerprint density at radius 3 is 2.60 bits per heavy atom. The topological polar surface area (TPSA) is 90.7 Å². The predicted octanol–water partition coefficient (Wildman–Crippen LogP) is 0.739. The van der Waals surface area contributed by atoms with Gasteiger partial charge in [-0.15, -0.1) is 0 Å². The van der Waals surface area contributed by atoms with Crippen molar-refractivity contribution in [2.75, 3.05) is 13.3 Å². The minimum absolute atomic E-state index is 0.124. The number of rotatable bonds is 5. The molecule has 110 valence electrons. The molecule has 7 heteroatoms. The fourth-order valence-electron chi connectivity index (χ4n) is 2.41. The van der Waals surface area contributed by atoms with Crippen molar-refractivity contribution in [1.29, 1.82) is 0 Å². The molecule has 1 unspecified atom stereocenters. The third-order valence-electron chi connectivity index (χ3n) is 3.71. The molecular weight excluding hydrogens is 280 g/mol. The number of ether oxygens (including phenoxy) is 2. The van der Waals surface area contributed by atoms with Crippen LogP contribution in [0.2, 0.25) is 0 Å². The van der Waals surface area contributed by atoms with Crippen LogP contribution in [0.1, 0.15) is 18.4 Å². The standard InChI is InChI=1S/C13H18N2O4S/c1-8-4-11-12(19-7-18-11)5-13(8)20(16,17)15-10(6-14)9-2-3-9/h4-5,9-10,15H,2-3,6-7,14H2,1H3. The quantitative estimate of drug-likeness (QED) is 0.836. The van der Waals surface area contributed by atoms with Gasteiger partial charge in [-0.05, 0) is 37.3 Å². The lowest BCUT2D eigenvalue weighted by atomic mass is 10.2. The second-order valence-electron chi connectivity index (χ2n) is 5.27. The van der Waals surface area contributed by atoms with E-state index in [1.165, 1.54) is 6.07 Å². The van der Waals surface area contributed by atoms with Crippen molar-refractivity contribution < 1.29 is 17.9 Å². The van der Waals surface area contributed by atoms with Crippen molar-refractivity contribution in [3.8, 4) is 11.5 Å². The summed E-state index contributed by atoms with van der Waals surface area (Å²) in [5.41, 5.74) is 6.29. The smallest absolute Gasteiger partial charge is 0.241 e. The van der Waals surface area contributed by atoms with E-state index in [0.29, 0.717) is 29.5 Å². The fraction of sp³-hybridized carbons (Fsp3) is 0.538. The molecule has 1 heterocycles. The molecule has 1 saturated carbocycles. The second kappa shape index (κ2) is 4.91. The van der Waals surface area contributed by atoms with Crippen molar-refractivity contribution >= 4 is 10.0 Å². The van der Waals surface area contributed by atoms with Crippen molar-refractivity contribution in [3.05, 3.63) is 17.7 Å². The van der Waals surface area contributed by atoms with Crippen molar-refractivity contribution in [1.82, 2.24) is 4.72 Å². The molecular formula is C13H18N2O4S. The van der Waals surface area contributed by atoms with E-state index in [2.05, 4.69) is 4.72 Å². The van der Waals surface area contributed by atoms with Gasteiger partial charge in [0.15, 0.2) is 11.5 Å². The van der Waals surface area contributed by atoms with Gasteiger partial charge in [0, 0.05) is 18.7 Å². The Kier molecular flexibility index (Phi) is 3.35. The average Bonchev–Trinajstić information content (AvgIpc) is 3.14. The summed E-state index contributed by atoms with van der Waals surface area (Å²) in [4.78, 5) is 0.223. The van der Waals surface area contributed by atoms with Gasteiger partial charge >= 0.3 is 0 Å². The van der Waals surface area contributed by atoms with Crippen LogP contribution in [0.25, 0.3) is 0 Å². The Bertz CT molecular complexity index is 626. The van der Waals surface area contributed by atoms with Crippen LogP contribution in [0.15, 0.2) is 17.0 Å². The molecule has 0 bridgehead atoms. The third-order valence-corrected chi connectivity index (χ3v) is 5.34. The van der Waals surface area contributed by atoms with Gasteiger partial charge in [-0.25, -0.2) is 13.1 Å². The summed E-state index contributed by atoms with van der Waals surface area (Å²) in [5, 5.41) is 0. The highest BCUT2D eigenvalue weighted by Crippen LogP contribution is 2.37. The molecule has 0 amide bonds. The zero-order valence-corrected chi connectivity index (χ0v) is 12.1. The summed E-state index contributed by atoms with van der Waals surface area (Å²) in [5.74, 6) is 1.41. The molecule has 0 saturated heterocycles. The van der Waals surface area contributed by atoms with Crippen LogP contribution < -0.4 is 19.9 Å². The van der Waals surface area contributed by atoms with Crippen LogP contribution in [-0.2, 0) is 10.0 Å². The lowest BCUT2D eigenvalue weighted by molar-refractivity contribution is 0.174. The molecule has 0 radical (unpaired) electrons. The summed E-state index contributed by atoms with van der Waals surface area (Å²) in [6.45, 7) is 2.18. The van der Waals surface area contributed by atoms with Crippen LogP contribution in [0.3, 0.4) is 0 Å². The van der Waals surface area contributed by atoms with Crippen LogP contribution in [0.4, 0.5) is 0 Å². The lowest BCUT2D eigenvalue weighted by Crippen LogP contribution is -2.41. The summed E-state index contributed by atoms with van der Waals surface area (Å²) in [6, 6.07) is 3.01. The van der Waals surface area contributed by atoms with E-state index in [4.69, 9.17) is 15.2 Å². The molecule has 20 heavy (non-hydrogen) atoms. The van der Waals surface area contributed by atoms with E-state index in [-0.39, 0.29) is 17.7 Å². The monoisotopic (exact) mass is 298 g/mol. The van der Waals surface area contributed by atoms with Crippen LogP contribution in [0, 0.1) is 12.8 Å². The molecule has 0 spiro atoms. The van der Waals surface area contributed by atoms with Gasteiger partial charge in [0.25, 0.3) is 0 Å². The zero-order chi connectivity index (χ0) is 14.3. The molecule has 1 aliphatic heterocycles. The molecule has 1 atom stereocenters. The molecule has 0 aromatic heterocycles. The Balaban J connectivity index is 1.90. The Morgan fingerprint density at radius 2 is 2.00 bits per heavy atom. The Hall–Kier alpha value is -1.31. The number of fused-ring (bicyclic) bond motifs is 1. The molecule has 1 aromatic rings. The fourth-order valence-corrected chi connectivity index (χ4v) is 3.97. The molecule has 3 rings (SSSR count). The van der Waals surface area contributed by atoms with Gasteiger partial charge in [-0.1, -0.05) is 0 Å². The molecule has 6 nitrogen and oxygen atoms in total. The van der Waals surface area contributed by atoms with E-state index in [1.54, 1.807) is 13.0 Å². The third kappa shape index (κ3) is 2.48. The number of sulfonamides is 1. The van der Waals surface area contributed by atoms with Crippen molar-refractivity contribution in [3.63, 3.8) is 0 Å². The number of nitrogens with one attached hydrogen (secondary N) is 1. The Labute approximate surface area is 118 Å². The average molecular weight is 298 g/mol. The number of hydrogen-bond acceptors (Lipinski definition) is 5. The highest BCUT2D eigenvalue weighted by Gasteiger charge is 2.34. The van der Waals surface area contributed by atoms with Crippen LogP contribution in [-0.4, -0.2) is 27.8 Å². The maximum absolute atomic E-state index is 12.5. The van der Waals surface area contributed by atoms with Gasteiger partial charge in [0.05, 0.1) is 4.90 Å². The minimum atomic E-state index is -3.59.